The van der Waals surface area contributed by atoms with E-state index in [-0.39, 0.29) is 25.9 Å². The Kier molecular flexibility index (Phi) is 4.95. The topological polar surface area (TPSA) is 9.23 Å². The number of rotatable bonds is 1. The van der Waals surface area contributed by atoms with Crippen molar-refractivity contribution in [1.29, 1.82) is 0 Å². The zero-order chi connectivity index (χ0) is 5.82. The zero-order valence-corrected chi connectivity index (χ0v) is 7.05. The Balaban J connectivity index is -0.000000213. The monoisotopic (exact) mass is 154 g/mol. The van der Waals surface area contributed by atoms with E-state index in [1.807, 2.05) is 18.2 Å². The molecule has 0 unspecified atom stereocenters. The summed E-state index contributed by atoms with van der Waals surface area (Å²) in [6.07, 6.45) is 0. The molecule has 3 heteroatoms. The maximum atomic E-state index is 5.03. The van der Waals surface area contributed by atoms with E-state index in [0.29, 0.717) is 5.75 Å². The molecule has 0 bridgehead atoms. The van der Waals surface area contributed by atoms with Crippen LogP contribution in [0.4, 0.5) is 0 Å². The number of hydrogen-bond acceptors (Lipinski definition) is 1. The van der Waals surface area contributed by atoms with Gasteiger partial charge in [0.2, 0.25) is 0 Å². The maximum Gasteiger partial charge on any atom is 2.00 e. The minimum atomic E-state index is 0. The first-order chi connectivity index (χ1) is 3.93. The first-order valence-corrected chi connectivity index (χ1v) is 2.58. The summed E-state index contributed by atoms with van der Waals surface area (Å²) in [6.45, 7) is 0. The summed E-state index contributed by atoms with van der Waals surface area (Å²) in [5.41, 5.74) is 0. The summed E-state index contributed by atoms with van der Waals surface area (Å²) < 4.78 is 4.39. The Bertz CT molecular complexity index is 162. The quantitative estimate of drug-likeness (QED) is 0.563. The van der Waals surface area contributed by atoms with Crippen molar-refractivity contribution in [2.75, 3.05) is 0 Å². The van der Waals surface area contributed by atoms with E-state index in [1.54, 1.807) is 12.1 Å². The van der Waals surface area contributed by atoms with E-state index in [0.717, 1.165) is 0 Å². The second-order valence-electron chi connectivity index (χ2n) is 1.39. The smallest absolute Gasteiger partial charge is 1.00 e. The molecule has 46 valence electrons. The van der Waals surface area contributed by atoms with E-state index in [2.05, 4.69) is 4.29 Å². The average molecular weight is 155 g/mol. The molecule has 0 atom stereocenters. The van der Waals surface area contributed by atoms with Crippen molar-refractivity contribution >= 4 is 34.9 Å². The van der Waals surface area contributed by atoms with Crippen LogP contribution >= 0.6 is 11.9 Å². The summed E-state index contributed by atoms with van der Waals surface area (Å²) >= 11 is 5.03. The first-order valence-electron chi connectivity index (χ1n) is 2.27. The molecule has 1 aromatic rings. The minimum Gasteiger partial charge on any atom is -1.00 e. The molecule has 0 heterocycles. The largest absolute Gasteiger partial charge is 2.00 e. The van der Waals surface area contributed by atoms with Crippen molar-refractivity contribution in [2.24, 2.45) is 0 Å². The summed E-state index contributed by atoms with van der Waals surface area (Å²) in [5.74, 6) is 0.675. The molecule has 0 radical (unpaired) electrons. The van der Waals surface area contributed by atoms with Crippen molar-refractivity contribution in [3.8, 4) is 5.75 Å². The normalized spacial score (nSPS) is 7.67. The summed E-state index contributed by atoms with van der Waals surface area (Å²) in [5, 5.41) is 0. The summed E-state index contributed by atoms with van der Waals surface area (Å²) in [4.78, 5) is 0. The van der Waals surface area contributed by atoms with Crippen LogP contribution in [0, 0.1) is 0 Å². The molecular weight excluding hydrogens is 148 g/mol. The fourth-order valence-electron chi connectivity index (χ4n) is 0.472. The van der Waals surface area contributed by atoms with Crippen LogP contribution in [0.15, 0.2) is 30.3 Å². The van der Waals surface area contributed by atoms with Gasteiger partial charge in [0.1, 0.15) is 17.6 Å². The Morgan fingerprint density at radius 2 is 1.78 bits per heavy atom. The zero-order valence-electron chi connectivity index (χ0n) is 6.88. The van der Waals surface area contributed by atoms with Crippen molar-refractivity contribution in [3.05, 3.63) is 30.3 Å². The Morgan fingerprint density at radius 1 is 1.22 bits per heavy atom. The van der Waals surface area contributed by atoms with E-state index in [1.165, 1.54) is 0 Å². The molecule has 0 saturated carbocycles. The van der Waals surface area contributed by atoms with Crippen molar-refractivity contribution < 1.29 is 7.14 Å². The summed E-state index contributed by atoms with van der Waals surface area (Å²) in [7, 11) is 0. The van der Waals surface area contributed by atoms with E-state index in [9.17, 15) is 0 Å². The molecule has 0 fully saturated rings. The Labute approximate surface area is 78.3 Å². The van der Waals surface area contributed by atoms with Crippen LogP contribution < -0.4 is 4.29 Å². The van der Waals surface area contributed by atoms with Crippen molar-refractivity contribution in [2.45, 2.75) is 0 Å². The predicted molar refractivity (Wildman–Crippen MR) is 40.9 cm³/mol. The third kappa shape index (κ3) is 2.94. The van der Waals surface area contributed by atoms with Gasteiger partial charge in [-0.3, -0.25) is 0 Å². The molecular formula is C6H7ClMgO. The molecule has 0 aliphatic carbocycles. The number of halogens is 1. The van der Waals surface area contributed by atoms with E-state index < -0.39 is 0 Å². The molecule has 0 aromatic heterocycles. The third-order valence-electron chi connectivity index (χ3n) is 0.832. The molecule has 0 aliphatic heterocycles. The van der Waals surface area contributed by atoms with Gasteiger partial charge in [0.15, 0.2) is 0 Å². The minimum absolute atomic E-state index is 0. The van der Waals surface area contributed by atoms with E-state index in [4.69, 9.17) is 11.9 Å². The van der Waals surface area contributed by atoms with Gasteiger partial charge in [-0.2, -0.15) is 0 Å². The fourth-order valence-corrected chi connectivity index (χ4v) is 0.575. The van der Waals surface area contributed by atoms with Gasteiger partial charge in [0.25, 0.3) is 0 Å². The van der Waals surface area contributed by atoms with Crippen LogP contribution in [0.1, 0.15) is 2.85 Å². The fraction of sp³-hybridized carbons (Fsp3) is 0. The standard InChI is InChI=1S/C6H5ClO.Mg.2H/c7-8-6-4-2-1-3-5-6;;;/h1-5H;;;/q;+2;2*-1. The van der Waals surface area contributed by atoms with Crippen molar-refractivity contribution in [3.63, 3.8) is 0 Å². The average Bonchev–Trinajstić information content (AvgIpc) is 1.90. The van der Waals surface area contributed by atoms with Crippen LogP contribution in [-0.4, -0.2) is 23.1 Å². The van der Waals surface area contributed by atoms with Crippen LogP contribution in [0.5, 0.6) is 5.75 Å². The number of benzene rings is 1. The third-order valence-corrected chi connectivity index (χ3v) is 1.01. The Morgan fingerprint density at radius 3 is 2.11 bits per heavy atom. The van der Waals surface area contributed by atoms with Gasteiger partial charge < -0.3 is 7.14 Å². The van der Waals surface area contributed by atoms with Gasteiger partial charge >= 0.3 is 23.1 Å². The van der Waals surface area contributed by atoms with Gasteiger partial charge in [0.05, 0.1) is 0 Å². The number of para-hydroxylation sites is 1. The molecule has 1 nitrogen and oxygen atoms in total. The van der Waals surface area contributed by atoms with E-state index >= 15 is 0 Å². The van der Waals surface area contributed by atoms with Crippen LogP contribution in [0.3, 0.4) is 0 Å². The molecule has 0 saturated heterocycles. The predicted octanol–water partition coefficient (Wildman–Crippen LogP) is 2.06. The Hall–Kier alpha value is 0.0762. The molecule has 0 N–H and O–H groups in total. The molecule has 0 spiro atoms. The van der Waals surface area contributed by atoms with Crippen LogP contribution in [0.2, 0.25) is 0 Å². The molecule has 9 heavy (non-hydrogen) atoms. The molecule has 0 aliphatic rings. The van der Waals surface area contributed by atoms with Gasteiger partial charge in [0, 0.05) is 0 Å². The second kappa shape index (κ2) is 4.91. The molecule has 0 amide bonds. The van der Waals surface area contributed by atoms with Gasteiger partial charge in [-0.1, -0.05) is 18.2 Å². The van der Waals surface area contributed by atoms with Gasteiger partial charge in [-0.25, -0.2) is 0 Å². The second-order valence-corrected chi connectivity index (χ2v) is 1.54. The summed E-state index contributed by atoms with van der Waals surface area (Å²) in [6, 6.07) is 9.19. The first kappa shape index (κ1) is 9.08. The van der Waals surface area contributed by atoms with Crippen LogP contribution in [-0.2, 0) is 0 Å². The number of hydrogen-bond donors (Lipinski definition) is 0. The maximum absolute atomic E-state index is 5.03. The van der Waals surface area contributed by atoms with Crippen LogP contribution in [0.25, 0.3) is 0 Å². The van der Waals surface area contributed by atoms with Gasteiger partial charge in [-0.15, -0.1) is 0 Å². The SMILES string of the molecule is ClOc1ccccc1.[H-].[H-].[Mg+2]. The molecule has 1 rings (SSSR count). The van der Waals surface area contributed by atoms with Gasteiger partial charge in [-0.05, 0) is 12.1 Å². The van der Waals surface area contributed by atoms with Crippen molar-refractivity contribution in [1.82, 2.24) is 0 Å². The molecule has 1 aromatic carbocycles.